The number of nitrogens with one attached hydrogen (secondary N) is 1. The van der Waals surface area contributed by atoms with Crippen molar-refractivity contribution in [1.29, 1.82) is 0 Å². The van der Waals surface area contributed by atoms with Crippen LogP contribution in [0, 0.1) is 10.1 Å². The maximum Gasteiger partial charge on any atom is 0.345 e. The minimum absolute atomic E-state index is 0.0716. The molecule has 2 rings (SSSR count). The van der Waals surface area contributed by atoms with Gasteiger partial charge >= 0.3 is 5.97 Å². The van der Waals surface area contributed by atoms with Crippen LogP contribution in [-0.4, -0.2) is 43.7 Å². The molecule has 1 amide bonds. The van der Waals surface area contributed by atoms with Crippen LogP contribution in [0.3, 0.4) is 0 Å². The highest BCUT2D eigenvalue weighted by molar-refractivity contribution is 5.96. The maximum absolute atomic E-state index is 12.4. The topological polar surface area (TPSA) is 117 Å². The number of esters is 1. The minimum atomic E-state index is -1.00. The van der Waals surface area contributed by atoms with Gasteiger partial charge in [-0.3, -0.25) is 14.9 Å². The second-order valence-corrected chi connectivity index (χ2v) is 6.40. The van der Waals surface area contributed by atoms with Gasteiger partial charge in [-0.1, -0.05) is 37.3 Å². The van der Waals surface area contributed by atoms with E-state index in [9.17, 15) is 19.7 Å². The second-order valence-electron chi connectivity index (χ2n) is 6.40. The van der Waals surface area contributed by atoms with Gasteiger partial charge in [0.2, 0.25) is 0 Å². The van der Waals surface area contributed by atoms with Crippen LogP contribution in [0.25, 0.3) is 0 Å². The molecule has 30 heavy (non-hydrogen) atoms. The van der Waals surface area contributed by atoms with Crippen molar-refractivity contribution in [1.82, 2.24) is 5.32 Å². The first-order valence-electron chi connectivity index (χ1n) is 9.35. The van der Waals surface area contributed by atoms with Crippen LogP contribution in [0.1, 0.15) is 35.7 Å². The molecule has 0 aliphatic carbocycles. The smallest absolute Gasteiger partial charge is 0.345 e. The first-order valence-corrected chi connectivity index (χ1v) is 9.35. The van der Waals surface area contributed by atoms with Crippen LogP contribution >= 0.6 is 0 Å². The van der Waals surface area contributed by atoms with Gasteiger partial charge in [0.05, 0.1) is 24.7 Å². The summed E-state index contributed by atoms with van der Waals surface area (Å²) in [4.78, 5) is 35.0. The molecule has 0 unspecified atom stereocenters. The summed E-state index contributed by atoms with van der Waals surface area (Å²) >= 11 is 0. The lowest BCUT2D eigenvalue weighted by Gasteiger charge is -2.14. The fourth-order valence-corrected chi connectivity index (χ4v) is 2.72. The van der Waals surface area contributed by atoms with Crippen molar-refractivity contribution in [2.45, 2.75) is 19.8 Å². The number of rotatable bonds is 10. The van der Waals surface area contributed by atoms with Crippen molar-refractivity contribution in [3.8, 4) is 11.5 Å². The van der Waals surface area contributed by atoms with Gasteiger partial charge in [-0.05, 0) is 18.4 Å². The first-order chi connectivity index (χ1) is 14.4. The predicted molar refractivity (Wildman–Crippen MR) is 109 cm³/mol. The predicted octanol–water partition coefficient (Wildman–Crippen LogP) is 3.08. The Hall–Kier alpha value is -3.62. The van der Waals surface area contributed by atoms with Crippen LogP contribution in [0.4, 0.5) is 5.69 Å². The molecule has 2 aromatic rings. The SMILES string of the molecule is CCOc1cc(C(=O)OCC(=O)NC[C@@H](C)c2ccccc2)c([N+](=O)[O-])cc1OC. The van der Waals surface area contributed by atoms with E-state index in [1.807, 2.05) is 37.3 Å². The molecule has 0 aliphatic rings. The molecule has 0 aliphatic heterocycles. The number of carbonyl (C=O) groups excluding carboxylic acids is 2. The number of nitrogens with zero attached hydrogens (tertiary/aromatic N) is 1. The van der Waals surface area contributed by atoms with Gasteiger partial charge in [0.25, 0.3) is 11.6 Å². The Labute approximate surface area is 174 Å². The zero-order chi connectivity index (χ0) is 22.1. The number of amides is 1. The van der Waals surface area contributed by atoms with Gasteiger partial charge in [0, 0.05) is 12.6 Å². The molecule has 1 N–H and O–H groups in total. The molecule has 0 saturated carbocycles. The molecule has 0 radical (unpaired) electrons. The molecular weight excluding hydrogens is 392 g/mol. The molecule has 0 heterocycles. The fourth-order valence-electron chi connectivity index (χ4n) is 2.72. The van der Waals surface area contributed by atoms with Gasteiger partial charge in [0.1, 0.15) is 5.56 Å². The van der Waals surface area contributed by atoms with Crippen molar-refractivity contribution < 1.29 is 28.7 Å². The Morgan fingerprint density at radius 2 is 1.87 bits per heavy atom. The van der Waals surface area contributed by atoms with Crippen LogP contribution in [0.15, 0.2) is 42.5 Å². The lowest BCUT2D eigenvalue weighted by Crippen LogP contribution is -2.31. The van der Waals surface area contributed by atoms with Crippen molar-refractivity contribution >= 4 is 17.6 Å². The summed E-state index contributed by atoms with van der Waals surface area (Å²) in [7, 11) is 1.33. The zero-order valence-corrected chi connectivity index (χ0v) is 17.0. The van der Waals surface area contributed by atoms with Gasteiger partial charge in [-0.2, -0.15) is 0 Å². The van der Waals surface area contributed by atoms with E-state index in [0.29, 0.717) is 6.54 Å². The van der Waals surface area contributed by atoms with E-state index in [-0.39, 0.29) is 29.6 Å². The van der Waals surface area contributed by atoms with E-state index in [4.69, 9.17) is 14.2 Å². The Morgan fingerprint density at radius 1 is 1.17 bits per heavy atom. The highest BCUT2D eigenvalue weighted by Gasteiger charge is 2.26. The third-order valence-electron chi connectivity index (χ3n) is 4.31. The molecular formula is C21H24N2O7. The van der Waals surface area contributed by atoms with Crippen molar-refractivity contribution in [3.63, 3.8) is 0 Å². The summed E-state index contributed by atoms with van der Waals surface area (Å²) < 4.78 is 15.4. The number of methoxy groups -OCH3 is 1. The molecule has 0 aromatic heterocycles. The molecule has 9 heteroatoms. The van der Waals surface area contributed by atoms with Crippen LogP contribution in [0.5, 0.6) is 11.5 Å². The summed E-state index contributed by atoms with van der Waals surface area (Å²) in [6, 6.07) is 11.9. The zero-order valence-electron chi connectivity index (χ0n) is 17.0. The average Bonchev–Trinajstić information content (AvgIpc) is 2.76. The Balaban J connectivity index is 2.01. The van der Waals surface area contributed by atoms with E-state index >= 15 is 0 Å². The van der Waals surface area contributed by atoms with Crippen molar-refractivity contribution in [2.75, 3.05) is 26.9 Å². The number of benzene rings is 2. The van der Waals surface area contributed by atoms with Crippen LogP contribution in [0.2, 0.25) is 0 Å². The number of hydrogen-bond acceptors (Lipinski definition) is 7. The van der Waals surface area contributed by atoms with Gasteiger partial charge in [-0.25, -0.2) is 4.79 Å². The molecule has 0 spiro atoms. The van der Waals surface area contributed by atoms with E-state index in [0.717, 1.165) is 11.6 Å². The summed E-state index contributed by atoms with van der Waals surface area (Å²) in [5, 5.41) is 14.0. The number of nitro groups is 1. The van der Waals surface area contributed by atoms with Gasteiger partial charge < -0.3 is 19.5 Å². The fraction of sp³-hybridized carbons (Fsp3) is 0.333. The molecule has 9 nitrogen and oxygen atoms in total. The average molecular weight is 416 g/mol. The van der Waals surface area contributed by atoms with Gasteiger partial charge in [0.15, 0.2) is 18.1 Å². The van der Waals surface area contributed by atoms with Crippen molar-refractivity contribution in [2.24, 2.45) is 0 Å². The highest BCUT2D eigenvalue weighted by atomic mass is 16.6. The van der Waals surface area contributed by atoms with Crippen molar-refractivity contribution in [3.05, 3.63) is 63.7 Å². The number of nitro benzene ring substituents is 1. The lowest BCUT2D eigenvalue weighted by atomic mass is 10.0. The summed E-state index contributed by atoms with van der Waals surface area (Å²) in [6.07, 6.45) is 0. The number of hydrogen-bond donors (Lipinski definition) is 1. The monoisotopic (exact) mass is 416 g/mol. The Morgan fingerprint density at radius 3 is 2.47 bits per heavy atom. The summed E-state index contributed by atoms with van der Waals surface area (Å²) in [5.41, 5.74) is 0.236. The van der Waals surface area contributed by atoms with Crippen LogP contribution < -0.4 is 14.8 Å². The van der Waals surface area contributed by atoms with Crippen LogP contribution in [-0.2, 0) is 9.53 Å². The highest BCUT2D eigenvalue weighted by Crippen LogP contribution is 2.35. The number of carbonyl (C=O) groups is 2. The first kappa shape index (κ1) is 22.7. The molecule has 0 bridgehead atoms. The van der Waals surface area contributed by atoms with Gasteiger partial charge in [-0.15, -0.1) is 0 Å². The molecule has 0 fully saturated rings. The van der Waals surface area contributed by atoms with E-state index in [2.05, 4.69) is 5.32 Å². The molecule has 160 valence electrons. The quantitative estimate of drug-likeness (QED) is 0.359. The number of ether oxygens (including phenoxy) is 3. The van der Waals surface area contributed by atoms with E-state index < -0.39 is 29.1 Å². The largest absolute Gasteiger partial charge is 0.493 e. The third-order valence-corrected chi connectivity index (χ3v) is 4.31. The molecule has 0 saturated heterocycles. The lowest BCUT2D eigenvalue weighted by molar-refractivity contribution is -0.385. The Kier molecular flexibility index (Phi) is 8.16. The summed E-state index contributed by atoms with van der Waals surface area (Å²) in [6.45, 7) is 3.74. The summed E-state index contributed by atoms with van der Waals surface area (Å²) in [5.74, 6) is -1.16. The Bertz CT molecular complexity index is 900. The maximum atomic E-state index is 12.4. The van der Waals surface area contributed by atoms with E-state index in [1.165, 1.54) is 13.2 Å². The molecule has 1 atom stereocenters. The second kappa shape index (κ2) is 10.8. The van der Waals surface area contributed by atoms with E-state index in [1.54, 1.807) is 6.92 Å². The normalized spacial score (nSPS) is 11.3. The molecule has 2 aromatic carbocycles. The third kappa shape index (κ3) is 5.94. The minimum Gasteiger partial charge on any atom is -0.493 e. The standard InChI is InChI=1S/C21H24N2O7/c1-4-29-19-10-16(17(23(26)27)11-18(19)28-3)21(25)30-13-20(24)22-12-14(2)15-8-6-5-7-9-15/h5-11,14H,4,12-13H2,1-3H3,(H,22,24)/t14-/m1/s1.